The van der Waals surface area contributed by atoms with E-state index >= 15 is 0 Å². The number of fused-ring (bicyclic) bond motifs is 4. The largest absolute Gasteiger partial charge is 0.228 e. The predicted octanol–water partition coefficient (Wildman–Crippen LogP) is 1.47. The number of rotatable bonds is 0. The lowest BCUT2D eigenvalue weighted by Gasteiger charge is -2.50. The first-order valence-electron chi connectivity index (χ1n) is 6.68. The van der Waals surface area contributed by atoms with Gasteiger partial charge in [-0.2, -0.15) is 0 Å². The summed E-state index contributed by atoms with van der Waals surface area (Å²) < 4.78 is 25.6. The van der Waals surface area contributed by atoms with E-state index in [1.807, 2.05) is 0 Å². The Labute approximate surface area is 110 Å². The maximum absolute atomic E-state index is 12.6. The van der Waals surface area contributed by atoms with Crippen LogP contribution in [0.2, 0.25) is 0 Å². The first-order valence-corrected chi connectivity index (χ1v) is 10.3. The van der Waals surface area contributed by atoms with Gasteiger partial charge in [0.1, 0.15) is 0 Å². The second kappa shape index (κ2) is 2.35. The Balaban J connectivity index is 1.69. The van der Waals surface area contributed by atoms with Gasteiger partial charge in [0.2, 0.25) is 0 Å². The highest BCUT2D eigenvalue weighted by Crippen LogP contribution is 2.87. The van der Waals surface area contributed by atoms with Crippen LogP contribution in [0.5, 0.6) is 0 Å². The second-order valence-electron chi connectivity index (χ2n) is 6.71. The molecule has 2 heterocycles. The van der Waals surface area contributed by atoms with Crippen LogP contribution in [0.3, 0.4) is 0 Å². The van der Waals surface area contributed by atoms with Crippen molar-refractivity contribution in [1.82, 2.24) is 0 Å². The molecule has 0 aromatic carbocycles. The number of hydrogen-bond acceptors (Lipinski definition) is 4. The third-order valence-corrected chi connectivity index (χ3v) is 13.3. The van der Waals surface area contributed by atoms with Crippen molar-refractivity contribution in [3.05, 3.63) is 0 Å². The maximum atomic E-state index is 12.6. The molecule has 6 aliphatic rings. The Morgan fingerprint density at radius 3 is 2.47 bits per heavy atom. The summed E-state index contributed by atoms with van der Waals surface area (Å²) in [6, 6.07) is 0. The van der Waals surface area contributed by atoms with Crippen LogP contribution >= 0.6 is 23.5 Å². The van der Waals surface area contributed by atoms with E-state index in [4.69, 9.17) is 0 Å². The third-order valence-electron chi connectivity index (χ3n) is 6.79. The van der Waals surface area contributed by atoms with E-state index in [0.717, 1.165) is 11.8 Å². The van der Waals surface area contributed by atoms with Gasteiger partial charge in [-0.15, -0.1) is 23.5 Å². The summed E-state index contributed by atoms with van der Waals surface area (Å²) in [5, 5.41) is 0.194. The van der Waals surface area contributed by atoms with Gasteiger partial charge in [-0.05, 0) is 30.1 Å². The molecule has 2 bridgehead atoms. The summed E-state index contributed by atoms with van der Waals surface area (Å²) in [4.78, 5) is 0. The van der Waals surface area contributed by atoms with Crippen LogP contribution in [-0.4, -0.2) is 34.5 Å². The molecule has 0 unspecified atom stereocenters. The Hall–Kier alpha value is 0.650. The lowest BCUT2D eigenvalue weighted by molar-refractivity contribution is 0.102. The van der Waals surface area contributed by atoms with Crippen LogP contribution in [-0.2, 0) is 9.84 Å². The molecule has 0 amide bonds. The van der Waals surface area contributed by atoms with E-state index in [1.54, 1.807) is 0 Å². The monoisotopic (exact) mass is 286 g/mol. The van der Waals surface area contributed by atoms with Crippen molar-refractivity contribution in [3.8, 4) is 0 Å². The van der Waals surface area contributed by atoms with Gasteiger partial charge >= 0.3 is 0 Å². The zero-order chi connectivity index (χ0) is 11.2. The van der Waals surface area contributed by atoms with E-state index in [2.05, 4.69) is 23.5 Å². The fraction of sp³-hybridized carbons (Fsp3) is 1.00. The molecule has 92 valence electrons. The summed E-state index contributed by atoms with van der Waals surface area (Å²) in [6.45, 7) is 0. The van der Waals surface area contributed by atoms with Gasteiger partial charge in [0.05, 0.1) is 14.6 Å². The van der Waals surface area contributed by atoms with Crippen molar-refractivity contribution in [2.75, 3.05) is 11.5 Å². The quantitative estimate of drug-likeness (QED) is 0.675. The molecule has 0 aromatic rings. The molecule has 0 aromatic heterocycles. The molecule has 2 saturated heterocycles. The number of sulfone groups is 1. The summed E-state index contributed by atoms with van der Waals surface area (Å²) in [6.07, 6.45) is 1.26. The molecule has 6 fully saturated rings. The standard InChI is InChI=1S/C12H14O2S3/c13-17(14)10-5-3-4-6-7(5)11(17)9(6)12(8(4)10)15-1-2-16-12/h4-11H,1-3H2/t4-,5+,6-,7+,8-,9-,10+,11-/m1/s1. The van der Waals surface area contributed by atoms with Crippen LogP contribution in [0.15, 0.2) is 0 Å². The molecule has 8 atom stereocenters. The van der Waals surface area contributed by atoms with Crippen molar-refractivity contribution >= 4 is 33.4 Å². The highest BCUT2D eigenvalue weighted by Gasteiger charge is 2.90. The number of hydrogen-bond donors (Lipinski definition) is 0. The molecule has 0 N–H and O–H groups in total. The highest BCUT2D eigenvalue weighted by atomic mass is 32.2. The molecule has 0 radical (unpaired) electrons. The first-order chi connectivity index (χ1) is 8.18. The van der Waals surface area contributed by atoms with Crippen molar-refractivity contribution in [2.24, 2.45) is 35.5 Å². The molecule has 1 spiro atoms. The molecule has 5 heteroatoms. The molecule has 6 rings (SSSR count). The van der Waals surface area contributed by atoms with Gasteiger partial charge < -0.3 is 0 Å². The van der Waals surface area contributed by atoms with E-state index in [9.17, 15) is 8.42 Å². The van der Waals surface area contributed by atoms with E-state index in [1.165, 1.54) is 17.9 Å². The van der Waals surface area contributed by atoms with E-state index in [-0.39, 0.29) is 10.5 Å². The van der Waals surface area contributed by atoms with Crippen LogP contribution in [0.25, 0.3) is 0 Å². The second-order valence-corrected chi connectivity index (χ2v) is 12.0. The van der Waals surface area contributed by atoms with Gasteiger partial charge in [0.25, 0.3) is 0 Å². The van der Waals surface area contributed by atoms with Gasteiger partial charge in [0, 0.05) is 23.3 Å². The smallest absolute Gasteiger partial charge is 0.157 e. The molecular weight excluding hydrogens is 272 g/mol. The average molecular weight is 286 g/mol. The van der Waals surface area contributed by atoms with E-state index < -0.39 is 9.84 Å². The Morgan fingerprint density at radius 2 is 1.71 bits per heavy atom. The fourth-order valence-electron chi connectivity index (χ4n) is 6.86. The number of thioether (sulfide) groups is 2. The molecule has 2 aliphatic heterocycles. The summed E-state index contributed by atoms with van der Waals surface area (Å²) in [5.41, 5.74) is 0. The molecule has 2 nitrogen and oxygen atoms in total. The van der Waals surface area contributed by atoms with Gasteiger partial charge in [-0.3, -0.25) is 0 Å². The van der Waals surface area contributed by atoms with Crippen molar-refractivity contribution in [3.63, 3.8) is 0 Å². The highest BCUT2D eigenvalue weighted by molar-refractivity contribution is 8.21. The first kappa shape index (κ1) is 9.54. The van der Waals surface area contributed by atoms with Crippen molar-refractivity contribution in [2.45, 2.75) is 21.0 Å². The van der Waals surface area contributed by atoms with E-state index in [0.29, 0.717) is 27.8 Å². The zero-order valence-electron chi connectivity index (χ0n) is 9.28. The molecule has 4 saturated carbocycles. The minimum absolute atomic E-state index is 0.0931. The van der Waals surface area contributed by atoms with Crippen LogP contribution in [0.4, 0.5) is 0 Å². The molecule has 4 aliphatic carbocycles. The van der Waals surface area contributed by atoms with Gasteiger partial charge in [0.15, 0.2) is 9.84 Å². The summed E-state index contributed by atoms with van der Waals surface area (Å²) in [5.74, 6) is 6.42. The van der Waals surface area contributed by atoms with Gasteiger partial charge in [-0.25, -0.2) is 8.42 Å². The third kappa shape index (κ3) is 0.659. The van der Waals surface area contributed by atoms with Gasteiger partial charge in [-0.1, -0.05) is 0 Å². The maximum Gasteiger partial charge on any atom is 0.157 e. The van der Waals surface area contributed by atoms with Crippen LogP contribution < -0.4 is 0 Å². The lowest BCUT2D eigenvalue weighted by atomic mass is 9.64. The normalized spacial score (nSPS) is 69.4. The Morgan fingerprint density at radius 1 is 0.941 bits per heavy atom. The predicted molar refractivity (Wildman–Crippen MR) is 69.7 cm³/mol. The molecular formula is C12H14O2S3. The SMILES string of the molecule is O=S1(=O)[C@@H]2[C@H]3[C@@H]4C[C@@H]5[C@H]3[C@H]2C2(SCCS2)[C@H]5[C@H]41. The summed E-state index contributed by atoms with van der Waals surface area (Å²) >= 11 is 4.28. The molecule has 17 heavy (non-hydrogen) atoms. The Kier molecular flexibility index (Phi) is 1.32. The lowest BCUT2D eigenvalue weighted by Crippen LogP contribution is -2.57. The average Bonchev–Trinajstić information content (AvgIpc) is 2.86. The van der Waals surface area contributed by atoms with Crippen molar-refractivity contribution in [1.29, 1.82) is 0 Å². The Bertz CT molecular complexity index is 550. The topological polar surface area (TPSA) is 34.1 Å². The van der Waals surface area contributed by atoms with Crippen molar-refractivity contribution < 1.29 is 8.42 Å². The summed E-state index contributed by atoms with van der Waals surface area (Å²) in [7, 11) is -2.73. The van der Waals surface area contributed by atoms with Crippen LogP contribution in [0.1, 0.15) is 6.42 Å². The van der Waals surface area contributed by atoms with Crippen LogP contribution in [0, 0.1) is 35.5 Å². The zero-order valence-corrected chi connectivity index (χ0v) is 11.7. The minimum Gasteiger partial charge on any atom is -0.228 e. The fourth-order valence-corrected chi connectivity index (χ4v) is 15.0. The minimum atomic E-state index is -2.73.